The molecule has 3 rings (SSSR count). The van der Waals surface area contributed by atoms with Crippen molar-refractivity contribution in [3.8, 4) is 22.8 Å². The van der Waals surface area contributed by atoms with Gasteiger partial charge in [-0.1, -0.05) is 12.1 Å². The number of phenolic OH excluding ortho intramolecular Hbond substituents is 1. The maximum atomic E-state index is 12.2. The van der Waals surface area contributed by atoms with Crippen molar-refractivity contribution >= 4 is 10.9 Å². The predicted molar refractivity (Wildman–Crippen MR) is 83.0 cm³/mol. The number of ether oxygens (including phenoxy) is 1. The summed E-state index contributed by atoms with van der Waals surface area (Å²) in [5.74, 6) is 0.410. The molecule has 0 saturated heterocycles. The summed E-state index contributed by atoms with van der Waals surface area (Å²) in [6.07, 6.45) is 0. The van der Waals surface area contributed by atoms with Crippen molar-refractivity contribution in [2.45, 2.75) is 6.92 Å². The number of aromatic hydroxyl groups is 1. The lowest BCUT2D eigenvalue weighted by molar-refractivity contribution is 0.374. The number of aromatic amines is 1. The van der Waals surface area contributed by atoms with E-state index in [1.807, 2.05) is 31.2 Å². The fourth-order valence-electron chi connectivity index (χ4n) is 2.45. The SMILES string of the molecule is COc1cc(C)cc(-c2cc(=O)c3ccccc3[nH]2)c1O. The Bertz CT molecular complexity index is 881. The van der Waals surface area contributed by atoms with Gasteiger partial charge in [-0.05, 0) is 36.8 Å². The van der Waals surface area contributed by atoms with Gasteiger partial charge in [0.2, 0.25) is 0 Å². The number of pyridine rings is 1. The molecular formula is C17H15NO3. The Morgan fingerprint density at radius 3 is 2.67 bits per heavy atom. The summed E-state index contributed by atoms with van der Waals surface area (Å²) in [6, 6.07) is 12.4. The lowest BCUT2D eigenvalue weighted by atomic mass is 10.0. The Labute approximate surface area is 121 Å². The van der Waals surface area contributed by atoms with Crippen LogP contribution in [0.1, 0.15) is 5.56 Å². The van der Waals surface area contributed by atoms with E-state index in [-0.39, 0.29) is 11.2 Å². The quantitative estimate of drug-likeness (QED) is 0.758. The van der Waals surface area contributed by atoms with Crippen LogP contribution >= 0.6 is 0 Å². The molecular weight excluding hydrogens is 266 g/mol. The molecule has 4 heteroatoms. The molecule has 0 radical (unpaired) electrons. The van der Waals surface area contributed by atoms with Crippen LogP contribution in [0.3, 0.4) is 0 Å². The third-order valence-electron chi connectivity index (χ3n) is 3.47. The molecule has 0 atom stereocenters. The Hall–Kier alpha value is -2.75. The number of para-hydroxylation sites is 1. The molecule has 0 amide bonds. The molecule has 0 spiro atoms. The summed E-state index contributed by atoms with van der Waals surface area (Å²) in [7, 11) is 1.50. The number of hydrogen-bond donors (Lipinski definition) is 2. The van der Waals surface area contributed by atoms with E-state index in [0.717, 1.165) is 11.1 Å². The molecule has 0 fully saturated rings. The molecule has 0 aliphatic heterocycles. The summed E-state index contributed by atoms with van der Waals surface area (Å²) >= 11 is 0. The second-order valence-electron chi connectivity index (χ2n) is 4.96. The molecule has 106 valence electrons. The fourth-order valence-corrected chi connectivity index (χ4v) is 2.45. The van der Waals surface area contributed by atoms with E-state index >= 15 is 0 Å². The van der Waals surface area contributed by atoms with E-state index in [1.165, 1.54) is 13.2 Å². The summed E-state index contributed by atoms with van der Waals surface area (Å²) in [6.45, 7) is 1.91. The van der Waals surface area contributed by atoms with Crippen molar-refractivity contribution in [2.75, 3.05) is 7.11 Å². The van der Waals surface area contributed by atoms with Gasteiger partial charge < -0.3 is 14.8 Å². The van der Waals surface area contributed by atoms with E-state index in [9.17, 15) is 9.90 Å². The Balaban J connectivity index is 2.31. The highest BCUT2D eigenvalue weighted by Gasteiger charge is 2.13. The molecule has 21 heavy (non-hydrogen) atoms. The average molecular weight is 281 g/mol. The van der Waals surface area contributed by atoms with Crippen LogP contribution in [0.25, 0.3) is 22.2 Å². The predicted octanol–water partition coefficient (Wildman–Crippen LogP) is 3.22. The van der Waals surface area contributed by atoms with E-state index in [0.29, 0.717) is 22.4 Å². The molecule has 2 aromatic carbocycles. The zero-order valence-electron chi connectivity index (χ0n) is 11.8. The van der Waals surface area contributed by atoms with Gasteiger partial charge in [-0.15, -0.1) is 0 Å². The van der Waals surface area contributed by atoms with Crippen molar-refractivity contribution in [3.63, 3.8) is 0 Å². The smallest absolute Gasteiger partial charge is 0.190 e. The van der Waals surface area contributed by atoms with Gasteiger partial charge in [-0.2, -0.15) is 0 Å². The summed E-state index contributed by atoms with van der Waals surface area (Å²) in [5, 5.41) is 10.9. The summed E-state index contributed by atoms with van der Waals surface area (Å²) in [4.78, 5) is 15.4. The van der Waals surface area contributed by atoms with Crippen molar-refractivity contribution in [2.24, 2.45) is 0 Å². The standard InChI is InChI=1S/C17H15NO3/c1-10-7-12(17(20)16(8-10)21-2)14-9-15(19)11-5-3-4-6-13(11)18-14/h3-9,20H,1-2H3,(H,18,19). The third-order valence-corrected chi connectivity index (χ3v) is 3.47. The topological polar surface area (TPSA) is 62.3 Å². The first-order chi connectivity index (χ1) is 10.1. The monoisotopic (exact) mass is 281 g/mol. The first-order valence-corrected chi connectivity index (χ1v) is 6.60. The lowest BCUT2D eigenvalue weighted by Gasteiger charge is -2.11. The molecule has 0 unspecified atom stereocenters. The van der Waals surface area contributed by atoms with Crippen LogP contribution in [-0.4, -0.2) is 17.2 Å². The zero-order chi connectivity index (χ0) is 15.0. The van der Waals surface area contributed by atoms with Crippen LogP contribution < -0.4 is 10.2 Å². The van der Waals surface area contributed by atoms with Crippen molar-refractivity contribution in [3.05, 3.63) is 58.3 Å². The minimum absolute atomic E-state index is 0.0223. The molecule has 0 aliphatic carbocycles. The normalized spacial score (nSPS) is 10.8. The summed E-state index contributed by atoms with van der Waals surface area (Å²) in [5.41, 5.74) is 2.71. The van der Waals surface area contributed by atoms with Gasteiger partial charge >= 0.3 is 0 Å². The molecule has 1 heterocycles. The molecule has 0 bridgehead atoms. The van der Waals surface area contributed by atoms with Gasteiger partial charge in [0.15, 0.2) is 16.9 Å². The molecule has 2 N–H and O–H groups in total. The second-order valence-corrected chi connectivity index (χ2v) is 4.96. The van der Waals surface area contributed by atoms with Crippen LogP contribution in [0.4, 0.5) is 0 Å². The minimum atomic E-state index is -0.0841. The van der Waals surface area contributed by atoms with Crippen LogP contribution in [0.15, 0.2) is 47.3 Å². The largest absolute Gasteiger partial charge is 0.504 e. The average Bonchev–Trinajstić information content (AvgIpc) is 2.49. The number of phenols is 1. The van der Waals surface area contributed by atoms with Crippen molar-refractivity contribution in [1.82, 2.24) is 4.98 Å². The summed E-state index contributed by atoms with van der Waals surface area (Å²) < 4.78 is 5.16. The fraction of sp³-hybridized carbons (Fsp3) is 0.118. The van der Waals surface area contributed by atoms with Gasteiger partial charge in [-0.3, -0.25) is 4.79 Å². The number of fused-ring (bicyclic) bond motifs is 1. The Kier molecular flexibility index (Phi) is 3.14. The van der Waals surface area contributed by atoms with Gasteiger partial charge in [0.25, 0.3) is 0 Å². The van der Waals surface area contributed by atoms with E-state index in [4.69, 9.17) is 4.74 Å². The number of H-pyrrole nitrogens is 1. The maximum Gasteiger partial charge on any atom is 0.190 e. The lowest BCUT2D eigenvalue weighted by Crippen LogP contribution is -2.03. The number of methoxy groups -OCH3 is 1. The van der Waals surface area contributed by atoms with Crippen LogP contribution in [0, 0.1) is 6.92 Å². The number of nitrogens with one attached hydrogen (secondary N) is 1. The van der Waals surface area contributed by atoms with Crippen LogP contribution in [0.2, 0.25) is 0 Å². The van der Waals surface area contributed by atoms with E-state index < -0.39 is 0 Å². The van der Waals surface area contributed by atoms with Gasteiger partial charge in [0, 0.05) is 22.5 Å². The first kappa shape index (κ1) is 13.2. The first-order valence-electron chi connectivity index (χ1n) is 6.60. The zero-order valence-corrected chi connectivity index (χ0v) is 11.8. The number of aromatic nitrogens is 1. The highest BCUT2D eigenvalue weighted by Crippen LogP contribution is 2.37. The number of aryl methyl sites for hydroxylation is 1. The Morgan fingerprint density at radius 2 is 1.90 bits per heavy atom. The highest BCUT2D eigenvalue weighted by molar-refractivity contribution is 5.83. The molecule has 0 saturated carbocycles. The number of benzene rings is 2. The number of hydrogen-bond acceptors (Lipinski definition) is 3. The van der Waals surface area contributed by atoms with Gasteiger partial charge in [0.1, 0.15) is 0 Å². The van der Waals surface area contributed by atoms with E-state index in [1.54, 1.807) is 12.1 Å². The number of rotatable bonds is 2. The van der Waals surface area contributed by atoms with Gasteiger partial charge in [-0.25, -0.2) is 0 Å². The van der Waals surface area contributed by atoms with Crippen molar-refractivity contribution in [1.29, 1.82) is 0 Å². The van der Waals surface area contributed by atoms with Crippen LogP contribution in [-0.2, 0) is 0 Å². The van der Waals surface area contributed by atoms with E-state index in [2.05, 4.69) is 4.98 Å². The highest BCUT2D eigenvalue weighted by atomic mass is 16.5. The second kappa shape index (κ2) is 4.98. The molecule has 1 aromatic heterocycles. The Morgan fingerprint density at radius 1 is 1.14 bits per heavy atom. The van der Waals surface area contributed by atoms with Crippen molar-refractivity contribution < 1.29 is 9.84 Å². The third kappa shape index (κ3) is 2.25. The minimum Gasteiger partial charge on any atom is -0.504 e. The maximum absolute atomic E-state index is 12.2. The molecule has 3 aromatic rings. The molecule has 4 nitrogen and oxygen atoms in total. The van der Waals surface area contributed by atoms with Gasteiger partial charge in [0.05, 0.1) is 12.8 Å². The van der Waals surface area contributed by atoms with Crippen LogP contribution in [0.5, 0.6) is 11.5 Å². The molecule has 0 aliphatic rings.